The summed E-state index contributed by atoms with van der Waals surface area (Å²) in [6.45, 7) is 4.15. The molecule has 2 heterocycles. The van der Waals surface area contributed by atoms with Crippen LogP contribution in [0.5, 0.6) is 0 Å². The topological polar surface area (TPSA) is 61.6 Å². The number of nitrogens with one attached hydrogen (secondary N) is 2. The molecule has 2 aromatic rings. The summed E-state index contributed by atoms with van der Waals surface area (Å²) < 4.78 is 2.06. The molecule has 0 aromatic carbocycles. The molecule has 1 aliphatic rings. The number of hydrogen-bond acceptors (Lipinski definition) is 4. The molecule has 3 rings (SSSR count). The van der Waals surface area contributed by atoms with Gasteiger partial charge in [0.1, 0.15) is 5.65 Å². The van der Waals surface area contributed by atoms with E-state index in [0.717, 1.165) is 43.7 Å². The SMILES string of the molecule is C/C=C\NCc1cn2cc(CNCC3(O)CCC3)ccc2n1. The molecule has 0 saturated heterocycles. The zero-order valence-corrected chi connectivity index (χ0v) is 13.0. The first-order valence-corrected chi connectivity index (χ1v) is 7.93. The van der Waals surface area contributed by atoms with Gasteiger partial charge in [-0.1, -0.05) is 12.1 Å². The monoisotopic (exact) mass is 300 g/mol. The summed E-state index contributed by atoms with van der Waals surface area (Å²) in [6, 6.07) is 4.12. The molecule has 2 aromatic heterocycles. The maximum atomic E-state index is 10.1. The maximum absolute atomic E-state index is 10.1. The van der Waals surface area contributed by atoms with Crippen molar-refractivity contribution >= 4 is 5.65 Å². The number of imidazole rings is 1. The van der Waals surface area contributed by atoms with E-state index in [1.165, 1.54) is 5.56 Å². The van der Waals surface area contributed by atoms with Crippen molar-refractivity contribution in [3.8, 4) is 0 Å². The molecule has 0 atom stereocenters. The summed E-state index contributed by atoms with van der Waals surface area (Å²) in [5.74, 6) is 0. The first-order valence-electron chi connectivity index (χ1n) is 7.93. The Labute approximate surface area is 131 Å². The van der Waals surface area contributed by atoms with E-state index in [2.05, 4.69) is 38.5 Å². The van der Waals surface area contributed by atoms with Crippen molar-refractivity contribution in [1.82, 2.24) is 20.0 Å². The molecule has 0 radical (unpaired) electrons. The number of hydrogen-bond donors (Lipinski definition) is 3. The average Bonchev–Trinajstić information content (AvgIpc) is 2.88. The number of nitrogens with zero attached hydrogens (tertiary/aromatic N) is 2. The van der Waals surface area contributed by atoms with Crippen LogP contribution in [0, 0.1) is 0 Å². The minimum absolute atomic E-state index is 0.468. The van der Waals surface area contributed by atoms with Crippen molar-refractivity contribution in [3.63, 3.8) is 0 Å². The molecule has 3 N–H and O–H groups in total. The molecule has 1 aliphatic carbocycles. The van der Waals surface area contributed by atoms with Crippen LogP contribution in [-0.2, 0) is 13.1 Å². The molecule has 0 spiro atoms. The molecular formula is C17H24N4O. The Kier molecular flexibility index (Phi) is 4.45. The minimum Gasteiger partial charge on any atom is -0.389 e. The standard InChI is InChI=1S/C17H24N4O/c1-2-8-18-10-15-12-21-11-14(4-5-16(21)20-15)9-19-13-17(22)6-3-7-17/h2,4-5,8,11-12,18-19,22H,3,6-7,9-10,13H2,1H3/b8-2-. The molecule has 5 heteroatoms. The predicted octanol–water partition coefficient (Wildman–Crippen LogP) is 1.96. The summed E-state index contributed by atoms with van der Waals surface area (Å²) in [7, 11) is 0. The van der Waals surface area contributed by atoms with Gasteiger partial charge in [-0.15, -0.1) is 0 Å². The van der Waals surface area contributed by atoms with Crippen molar-refractivity contribution in [3.05, 3.63) is 48.1 Å². The number of fused-ring (bicyclic) bond motifs is 1. The second-order valence-electron chi connectivity index (χ2n) is 6.10. The van der Waals surface area contributed by atoms with E-state index >= 15 is 0 Å². The van der Waals surface area contributed by atoms with Crippen molar-refractivity contribution in [1.29, 1.82) is 0 Å². The minimum atomic E-state index is -0.468. The van der Waals surface area contributed by atoms with Crippen molar-refractivity contribution in [2.24, 2.45) is 0 Å². The van der Waals surface area contributed by atoms with E-state index in [-0.39, 0.29) is 0 Å². The van der Waals surface area contributed by atoms with Crippen LogP contribution in [0.3, 0.4) is 0 Å². The van der Waals surface area contributed by atoms with Gasteiger partial charge in [0.05, 0.1) is 17.8 Å². The molecular weight excluding hydrogens is 276 g/mol. The third-order valence-electron chi connectivity index (χ3n) is 4.20. The Balaban J connectivity index is 1.59. The normalized spacial score (nSPS) is 17.0. The fraction of sp³-hybridized carbons (Fsp3) is 0.471. The van der Waals surface area contributed by atoms with Crippen LogP contribution < -0.4 is 10.6 Å². The molecule has 0 unspecified atom stereocenters. The zero-order valence-electron chi connectivity index (χ0n) is 13.0. The highest BCUT2D eigenvalue weighted by molar-refractivity contribution is 5.41. The largest absolute Gasteiger partial charge is 0.389 e. The van der Waals surface area contributed by atoms with Crippen LogP contribution in [0.15, 0.2) is 36.8 Å². The molecule has 1 fully saturated rings. The van der Waals surface area contributed by atoms with Crippen LogP contribution in [0.25, 0.3) is 5.65 Å². The average molecular weight is 300 g/mol. The van der Waals surface area contributed by atoms with Gasteiger partial charge in [0.15, 0.2) is 0 Å². The molecule has 0 amide bonds. The van der Waals surface area contributed by atoms with Gasteiger partial charge in [-0.2, -0.15) is 0 Å². The lowest BCUT2D eigenvalue weighted by Crippen LogP contribution is -2.45. The number of aliphatic hydroxyl groups is 1. The lowest BCUT2D eigenvalue weighted by atomic mass is 9.80. The number of rotatable bonds is 7. The van der Waals surface area contributed by atoms with Crippen LogP contribution in [0.2, 0.25) is 0 Å². The van der Waals surface area contributed by atoms with Crippen LogP contribution in [0.1, 0.15) is 37.4 Å². The Morgan fingerprint density at radius 3 is 2.91 bits per heavy atom. The quantitative estimate of drug-likeness (QED) is 0.731. The van der Waals surface area contributed by atoms with E-state index in [1.807, 2.05) is 25.3 Å². The van der Waals surface area contributed by atoms with E-state index in [4.69, 9.17) is 0 Å². The molecule has 5 nitrogen and oxygen atoms in total. The van der Waals surface area contributed by atoms with Crippen molar-refractivity contribution in [2.75, 3.05) is 6.54 Å². The Bertz CT molecular complexity index is 658. The predicted molar refractivity (Wildman–Crippen MR) is 87.4 cm³/mol. The summed E-state index contributed by atoms with van der Waals surface area (Å²) >= 11 is 0. The third kappa shape index (κ3) is 3.48. The molecule has 0 bridgehead atoms. The van der Waals surface area contributed by atoms with E-state index in [9.17, 15) is 5.11 Å². The summed E-state index contributed by atoms with van der Waals surface area (Å²) in [5, 5.41) is 16.6. The van der Waals surface area contributed by atoms with Gasteiger partial charge < -0.3 is 20.1 Å². The smallest absolute Gasteiger partial charge is 0.137 e. The van der Waals surface area contributed by atoms with Crippen molar-refractivity contribution in [2.45, 2.75) is 44.9 Å². The van der Waals surface area contributed by atoms with Crippen LogP contribution >= 0.6 is 0 Å². The molecule has 1 saturated carbocycles. The van der Waals surface area contributed by atoms with Crippen LogP contribution in [-0.4, -0.2) is 26.6 Å². The van der Waals surface area contributed by atoms with Gasteiger partial charge in [-0.25, -0.2) is 4.98 Å². The second-order valence-corrected chi connectivity index (χ2v) is 6.10. The summed E-state index contributed by atoms with van der Waals surface area (Å²) in [5.41, 5.74) is 2.71. The maximum Gasteiger partial charge on any atom is 0.137 e. The lowest BCUT2D eigenvalue weighted by Gasteiger charge is -2.36. The van der Waals surface area contributed by atoms with Crippen LogP contribution in [0.4, 0.5) is 0 Å². The molecule has 0 aliphatic heterocycles. The van der Waals surface area contributed by atoms with Gasteiger partial charge in [0.2, 0.25) is 0 Å². The Hall–Kier alpha value is -1.85. The van der Waals surface area contributed by atoms with Gasteiger partial charge in [0, 0.05) is 25.5 Å². The number of allylic oxidation sites excluding steroid dienone is 1. The second kappa shape index (κ2) is 6.50. The lowest BCUT2D eigenvalue weighted by molar-refractivity contribution is -0.0314. The molecule has 118 valence electrons. The fourth-order valence-corrected chi connectivity index (χ4v) is 2.76. The fourth-order valence-electron chi connectivity index (χ4n) is 2.76. The zero-order chi connectivity index (χ0) is 15.4. The summed E-state index contributed by atoms with van der Waals surface area (Å²) in [4.78, 5) is 4.57. The molecule has 22 heavy (non-hydrogen) atoms. The first kappa shape index (κ1) is 15.1. The first-order chi connectivity index (χ1) is 10.7. The van der Waals surface area contributed by atoms with Crippen molar-refractivity contribution < 1.29 is 5.11 Å². The Morgan fingerprint density at radius 2 is 2.18 bits per heavy atom. The van der Waals surface area contributed by atoms with Gasteiger partial charge in [-0.05, 0) is 44.0 Å². The van der Waals surface area contributed by atoms with Gasteiger partial charge in [0.25, 0.3) is 0 Å². The van der Waals surface area contributed by atoms with E-state index in [1.54, 1.807) is 0 Å². The number of pyridine rings is 1. The van der Waals surface area contributed by atoms with Gasteiger partial charge in [-0.3, -0.25) is 0 Å². The third-order valence-corrected chi connectivity index (χ3v) is 4.20. The highest BCUT2D eigenvalue weighted by atomic mass is 16.3. The van der Waals surface area contributed by atoms with E-state index < -0.39 is 5.60 Å². The highest BCUT2D eigenvalue weighted by Gasteiger charge is 2.33. The highest BCUT2D eigenvalue weighted by Crippen LogP contribution is 2.30. The van der Waals surface area contributed by atoms with Gasteiger partial charge >= 0.3 is 0 Å². The van der Waals surface area contributed by atoms with E-state index in [0.29, 0.717) is 6.54 Å². The Morgan fingerprint density at radius 1 is 1.32 bits per heavy atom. The summed E-state index contributed by atoms with van der Waals surface area (Å²) in [6.07, 6.45) is 11.0. The number of aromatic nitrogens is 2.